The van der Waals surface area contributed by atoms with Crippen LogP contribution in [0.15, 0.2) is 23.6 Å². The summed E-state index contributed by atoms with van der Waals surface area (Å²) in [5.74, 6) is 0.549. The first-order valence-electron chi connectivity index (χ1n) is 5.17. The van der Waals surface area contributed by atoms with Crippen LogP contribution in [0.3, 0.4) is 0 Å². The van der Waals surface area contributed by atoms with Crippen LogP contribution in [0.4, 0.5) is 10.9 Å². The van der Waals surface area contributed by atoms with Crippen molar-refractivity contribution in [3.05, 3.63) is 35.0 Å². The molecule has 16 heavy (non-hydrogen) atoms. The number of nitrogens with two attached hydrogens (primary N) is 1. The SMILES string of the molecule is CCc1csc(NCc2cccc(N)n2)n1. The van der Waals surface area contributed by atoms with Crippen molar-refractivity contribution >= 4 is 22.3 Å². The number of aryl methyl sites for hydroxylation is 1. The van der Waals surface area contributed by atoms with Gasteiger partial charge in [0.15, 0.2) is 5.13 Å². The van der Waals surface area contributed by atoms with E-state index in [4.69, 9.17) is 5.73 Å². The first-order chi connectivity index (χ1) is 7.78. The van der Waals surface area contributed by atoms with Crippen LogP contribution in [0.1, 0.15) is 18.3 Å². The van der Waals surface area contributed by atoms with Gasteiger partial charge in [0.05, 0.1) is 17.9 Å². The second kappa shape index (κ2) is 4.94. The van der Waals surface area contributed by atoms with Crippen LogP contribution in [-0.4, -0.2) is 9.97 Å². The molecule has 0 saturated carbocycles. The minimum Gasteiger partial charge on any atom is -0.384 e. The van der Waals surface area contributed by atoms with Gasteiger partial charge >= 0.3 is 0 Å². The van der Waals surface area contributed by atoms with E-state index >= 15 is 0 Å². The van der Waals surface area contributed by atoms with Crippen LogP contribution >= 0.6 is 11.3 Å². The van der Waals surface area contributed by atoms with Gasteiger partial charge in [-0.25, -0.2) is 9.97 Å². The van der Waals surface area contributed by atoms with Gasteiger partial charge in [0.1, 0.15) is 5.82 Å². The van der Waals surface area contributed by atoms with E-state index in [1.165, 1.54) is 0 Å². The smallest absolute Gasteiger partial charge is 0.183 e. The average Bonchev–Trinajstić information content (AvgIpc) is 2.74. The van der Waals surface area contributed by atoms with Gasteiger partial charge in [0.25, 0.3) is 0 Å². The second-order valence-corrected chi connectivity index (χ2v) is 4.26. The molecule has 2 aromatic rings. The number of nitrogens with one attached hydrogen (secondary N) is 1. The highest BCUT2D eigenvalue weighted by Crippen LogP contribution is 2.16. The van der Waals surface area contributed by atoms with E-state index in [9.17, 15) is 0 Å². The zero-order valence-corrected chi connectivity index (χ0v) is 9.92. The summed E-state index contributed by atoms with van der Waals surface area (Å²) in [4.78, 5) is 8.62. The molecule has 0 aliphatic rings. The maximum atomic E-state index is 5.60. The van der Waals surface area contributed by atoms with Gasteiger partial charge < -0.3 is 11.1 Å². The van der Waals surface area contributed by atoms with Crippen molar-refractivity contribution in [1.82, 2.24) is 9.97 Å². The van der Waals surface area contributed by atoms with Gasteiger partial charge in [0, 0.05) is 5.38 Å². The molecule has 0 amide bonds. The number of nitrogens with zero attached hydrogens (tertiary/aromatic N) is 2. The number of rotatable bonds is 4. The summed E-state index contributed by atoms with van der Waals surface area (Å²) in [6, 6.07) is 5.62. The molecule has 0 bridgehead atoms. The fourth-order valence-corrected chi connectivity index (χ4v) is 2.11. The van der Waals surface area contributed by atoms with Crippen LogP contribution < -0.4 is 11.1 Å². The summed E-state index contributed by atoms with van der Waals surface area (Å²) in [6.45, 7) is 2.75. The predicted octanol–water partition coefficient (Wildman–Crippen LogP) is 2.29. The normalized spacial score (nSPS) is 10.3. The topological polar surface area (TPSA) is 63.8 Å². The Morgan fingerprint density at radius 2 is 2.19 bits per heavy atom. The molecule has 84 valence electrons. The predicted molar refractivity (Wildman–Crippen MR) is 67.5 cm³/mol. The zero-order valence-electron chi connectivity index (χ0n) is 9.10. The molecule has 0 atom stereocenters. The molecule has 0 spiro atoms. The Labute approximate surface area is 98.6 Å². The summed E-state index contributed by atoms with van der Waals surface area (Å²) < 4.78 is 0. The Hall–Kier alpha value is -1.62. The lowest BCUT2D eigenvalue weighted by molar-refractivity contribution is 1.02. The van der Waals surface area contributed by atoms with E-state index in [-0.39, 0.29) is 0 Å². The third kappa shape index (κ3) is 2.70. The molecule has 2 rings (SSSR count). The fraction of sp³-hybridized carbons (Fsp3) is 0.273. The Morgan fingerprint density at radius 3 is 2.88 bits per heavy atom. The lowest BCUT2D eigenvalue weighted by atomic mass is 10.3. The van der Waals surface area contributed by atoms with Crippen molar-refractivity contribution in [2.75, 3.05) is 11.1 Å². The van der Waals surface area contributed by atoms with E-state index < -0.39 is 0 Å². The third-order valence-electron chi connectivity index (χ3n) is 2.16. The van der Waals surface area contributed by atoms with Gasteiger partial charge in [-0.15, -0.1) is 11.3 Å². The van der Waals surface area contributed by atoms with Crippen LogP contribution in [0, 0.1) is 0 Å². The molecule has 4 nitrogen and oxygen atoms in total. The van der Waals surface area contributed by atoms with Gasteiger partial charge in [-0.1, -0.05) is 13.0 Å². The molecule has 0 saturated heterocycles. The highest BCUT2D eigenvalue weighted by Gasteiger charge is 2.00. The van der Waals surface area contributed by atoms with Crippen molar-refractivity contribution in [3.63, 3.8) is 0 Å². The second-order valence-electron chi connectivity index (χ2n) is 3.40. The highest BCUT2D eigenvalue weighted by atomic mass is 32.1. The molecule has 0 fully saturated rings. The number of pyridine rings is 1. The lowest BCUT2D eigenvalue weighted by Crippen LogP contribution is -2.02. The maximum Gasteiger partial charge on any atom is 0.183 e. The quantitative estimate of drug-likeness (QED) is 0.852. The van der Waals surface area contributed by atoms with Crippen LogP contribution in [-0.2, 0) is 13.0 Å². The third-order valence-corrected chi connectivity index (χ3v) is 3.01. The summed E-state index contributed by atoms with van der Waals surface area (Å²) in [7, 11) is 0. The first-order valence-corrected chi connectivity index (χ1v) is 6.05. The molecule has 0 aliphatic heterocycles. The van der Waals surface area contributed by atoms with Crippen molar-refractivity contribution in [2.45, 2.75) is 19.9 Å². The van der Waals surface area contributed by atoms with Crippen LogP contribution in [0.5, 0.6) is 0 Å². The number of aromatic nitrogens is 2. The summed E-state index contributed by atoms with van der Waals surface area (Å²) >= 11 is 1.62. The van der Waals surface area contributed by atoms with Crippen molar-refractivity contribution in [3.8, 4) is 0 Å². The Balaban J connectivity index is 1.96. The minimum absolute atomic E-state index is 0.549. The van der Waals surface area contributed by atoms with Crippen molar-refractivity contribution in [2.24, 2.45) is 0 Å². The molecule has 3 N–H and O–H groups in total. The average molecular weight is 234 g/mol. The molecule has 2 heterocycles. The summed E-state index contributed by atoms with van der Waals surface area (Å²) in [6.07, 6.45) is 0.967. The number of thiazole rings is 1. The Morgan fingerprint density at radius 1 is 1.31 bits per heavy atom. The number of anilines is 2. The van der Waals surface area contributed by atoms with Crippen molar-refractivity contribution in [1.29, 1.82) is 0 Å². The van der Waals surface area contributed by atoms with Crippen LogP contribution in [0.2, 0.25) is 0 Å². The van der Waals surface area contributed by atoms with Gasteiger partial charge in [-0.3, -0.25) is 0 Å². The largest absolute Gasteiger partial charge is 0.384 e. The first kappa shape index (κ1) is 10.9. The fourth-order valence-electron chi connectivity index (χ4n) is 1.31. The molecule has 0 unspecified atom stereocenters. The number of hydrogen-bond acceptors (Lipinski definition) is 5. The zero-order chi connectivity index (χ0) is 11.4. The van der Waals surface area contributed by atoms with Crippen LogP contribution in [0.25, 0.3) is 0 Å². The minimum atomic E-state index is 0.549. The highest BCUT2D eigenvalue weighted by molar-refractivity contribution is 7.13. The van der Waals surface area contributed by atoms with Crippen molar-refractivity contribution < 1.29 is 0 Å². The standard InChI is InChI=1S/C11H14N4S/c1-2-8-7-16-11(15-8)13-6-9-4-3-5-10(12)14-9/h3-5,7H,2,6H2,1H3,(H2,12,14)(H,13,15). The van der Waals surface area contributed by atoms with E-state index in [0.29, 0.717) is 12.4 Å². The molecule has 2 aromatic heterocycles. The number of hydrogen-bond donors (Lipinski definition) is 2. The Kier molecular flexibility index (Phi) is 3.36. The van der Waals surface area contributed by atoms with Gasteiger partial charge in [0.2, 0.25) is 0 Å². The molecular formula is C11H14N4S. The van der Waals surface area contributed by atoms with Gasteiger partial charge in [-0.2, -0.15) is 0 Å². The maximum absolute atomic E-state index is 5.60. The lowest BCUT2D eigenvalue weighted by Gasteiger charge is -2.02. The van der Waals surface area contributed by atoms with E-state index in [1.807, 2.05) is 12.1 Å². The number of nitrogen functional groups attached to an aromatic ring is 1. The molecule has 5 heteroatoms. The molecule has 0 radical (unpaired) electrons. The van der Waals surface area contributed by atoms with E-state index in [2.05, 4.69) is 27.6 Å². The van der Waals surface area contributed by atoms with E-state index in [0.717, 1.165) is 22.9 Å². The molecule has 0 aliphatic carbocycles. The summed E-state index contributed by atoms with van der Waals surface area (Å²) in [5.41, 5.74) is 7.64. The Bertz CT molecular complexity index is 467. The summed E-state index contributed by atoms with van der Waals surface area (Å²) in [5, 5.41) is 6.23. The van der Waals surface area contributed by atoms with Gasteiger partial charge in [-0.05, 0) is 18.6 Å². The van der Waals surface area contributed by atoms with E-state index in [1.54, 1.807) is 17.4 Å². The molecule has 0 aromatic carbocycles. The molecular weight excluding hydrogens is 220 g/mol. The monoisotopic (exact) mass is 234 g/mol.